The van der Waals surface area contributed by atoms with Gasteiger partial charge in [0.2, 0.25) is 0 Å². The highest BCUT2D eigenvalue weighted by Gasteiger charge is 2.16. The molecular weight excluding hydrogens is 391 g/mol. The van der Waals surface area contributed by atoms with Crippen LogP contribution in [0.25, 0.3) is 0 Å². The minimum absolute atomic E-state index is 0.138. The summed E-state index contributed by atoms with van der Waals surface area (Å²) in [6, 6.07) is 10.9. The van der Waals surface area contributed by atoms with Gasteiger partial charge in [-0.2, -0.15) is 0 Å². The Kier molecular flexibility index (Phi) is 7.21. The minimum atomic E-state index is -0.475. The van der Waals surface area contributed by atoms with Crippen LogP contribution in [-0.2, 0) is 9.53 Å². The van der Waals surface area contributed by atoms with Gasteiger partial charge in [-0.15, -0.1) is 0 Å². The zero-order valence-electron chi connectivity index (χ0n) is 14.8. The maximum Gasteiger partial charge on any atom is 0.325 e. The number of amides is 2. The third-order valence-corrected chi connectivity index (χ3v) is 3.97. The number of esters is 1. The van der Waals surface area contributed by atoms with E-state index < -0.39 is 5.97 Å². The molecule has 0 aromatic heterocycles. The molecule has 0 aliphatic rings. The molecule has 0 saturated carbocycles. The van der Waals surface area contributed by atoms with E-state index in [1.54, 1.807) is 31.2 Å². The molecule has 8 heteroatoms. The highest BCUT2D eigenvalue weighted by Crippen LogP contribution is 2.20. The summed E-state index contributed by atoms with van der Waals surface area (Å²) in [6.45, 7) is 1.82. The lowest BCUT2D eigenvalue weighted by Crippen LogP contribution is -2.33. The summed E-state index contributed by atoms with van der Waals surface area (Å²) in [5.74, 6) is -1.18. The van der Waals surface area contributed by atoms with E-state index in [1.165, 1.54) is 30.1 Å². The maximum atomic E-state index is 12.3. The SMILES string of the molecule is CCOC(=O)CN(C)C(=O)c1ccc(NC(=O)c2cc(Cl)cc(Cl)c2)cc1. The van der Waals surface area contributed by atoms with Crippen molar-refractivity contribution in [3.8, 4) is 0 Å². The van der Waals surface area contributed by atoms with Crippen LogP contribution in [0.3, 0.4) is 0 Å². The van der Waals surface area contributed by atoms with E-state index in [2.05, 4.69) is 5.32 Å². The molecule has 0 aliphatic heterocycles. The van der Waals surface area contributed by atoms with E-state index in [9.17, 15) is 14.4 Å². The van der Waals surface area contributed by atoms with E-state index in [-0.39, 0.29) is 25.0 Å². The predicted octanol–water partition coefficient (Wildman–Crippen LogP) is 3.88. The van der Waals surface area contributed by atoms with E-state index in [0.29, 0.717) is 26.9 Å². The van der Waals surface area contributed by atoms with Crippen LogP contribution < -0.4 is 5.32 Å². The van der Waals surface area contributed by atoms with Gasteiger partial charge >= 0.3 is 5.97 Å². The molecule has 142 valence electrons. The lowest BCUT2D eigenvalue weighted by Gasteiger charge is -2.16. The van der Waals surface area contributed by atoms with Gasteiger partial charge in [0.05, 0.1) is 6.61 Å². The van der Waals surface area contributed by atoms with Crippen LogP contribution in [0.4, 0.5) is 5.69 Å². The number of nitrogens with zero attached hydrogens (tertiary/aromatic N) is 1. The van der Waals surface area contributed by atoms with Gasteiger partial charge < -0.3 is 15.0 Å². The second-order valence-corrected chi connectivity index (χ2v) is 6.53. The van der Waals surface area contributed by atoms with Crippen molar-refractivity contribution >= 4 is 46.7 Å². The van der Waals surface area contributed by atoms with E-state index in [0.717, 1.165) is 0 Å². The summed E-state index contributed by atoms with van der Waals surface area (Å²) < 4.78 is 4.82. The molecule has 2 aromatic carbocycles. The molecule has 27 heavy (non-hydrogen) atoms. The van der Waals surface area contributed by atoms with Gasteiger partial charge in [0, 0.05) is 33.9 Å². The summed E-state index contributed by atoms with van der Waals surface area (Å²) in [5.41, 5.74) is 1.20. The largest absolute Gasteiger partial charge is 0.465 e. The zero-order chi connectivity index (χ0) is 20.0. The average Bonchev–Trinajstić information content (AvgIpc) is 2.61. The molecule has 0 saturated heterocycles. The first-order valence-corrected chi connectivity index (χ1v) is 8.84. The Hall–Kier alpha value is -2.57. The first-order valence-electron chi connectivity index (χ1n) is 8.08. The van der Waals surface area contributed by atoms with E-state index >= 15 is 0 Å². The van der Waals surface area contributed by atoms with Crippen LogP contribution in [0.5, 0.6) is 0 Å². The Morgan fingerprint density at radius 3 is 2.15 bits per heavy atom. The average molecular weight is 409 g/mol. The van der Waals surface area contributed by atoms with E-state index in [4.69, 9.17) is 27.9 Å². The number of hydrogen-bond donors (Lipinski definition) is 1. The van der Waals surface area contributed by atoms with Crippen LogP contribution >= 0.6 is 23.2 Å². The highest BCUT2D eigenvalue weighted by molar-refractivity contribution is 6.35. The fraction of sp³-hybridized carbons (Fsp3) is 0.211. The number of halogens is 2. The number of nitrogens with one attached hydrogen (secondary N) is 1. The fourth-order valence-corrected chi connectivity index (χ4v) is 2.80. The van der Waals surface area contributed by atoms with Gasteiger partial charge in [-0.25, -0.2) is 0 Å². The van der Waals surface area contributed by atoms with Crippen molar-refractivity contribution < 1.29 is 19.1 Å². The van der Waals surface area contributed by atoms with Crippen LogP contribution in [0.15, 0.2) is 42.5 Å². The smallest absolute Gasteiger partial charge is 0.325 e. The Morgan fingerprint density at radius 2 is 1.59 bits per heavy atom. The molecular formula is C19H18Cl2N2O4. The topological polar surface area (TPSA) is 75.7 Å². The lowest BCUT2D eigenvalue weighted by molar-refractivity contribution is -0.143. The zero-order valence-corrected chi connectivity index (χ0v) is 16.3. The number of rotatable bonds is 6. The number of likely N-dealkylation sites (N-methyl/N-ethyl adjacent to an activating group) is 1. The van der Waals surface area contributed by atoms with Gasteiger partial charge in [-0.05, 0) is 49.4 Å². The van der Waals surface area contributed by atoms with Crippen molar-refractivity contribution in [3.63, 3.8) is 0 Å². The number of carbonyl (C=O) groups excluding carboxylic acids is 3. The number of anilines is 1. The van der Waals surface area contributed by atoms with Crippen LogP contribution in [0.2, 0.25) is 10.0 Å². The minimum Gasteiger partial charge on any atom is -0.465 e. The monoisotopic (exact) mass is 408 g/mol. The van der Waals surface area contributed by atoms with Gasteiger partial charge in [-0.1, -0.05) is 23.2 Å². The Bertz CT molecular complexity index is 833. The first kappa shape index (κ1) is 20.7. The molecule has 2 rings (SSSR count). The Balaban J connectivity index is 2.03. The van der Waals surface area contributed by atoms with Gasteiger partial charge in [0.15, 0.2) is 0 Å². The molecule has 0 bridgehead atoms. The summed E-state index contributed by atoms with van der Waals surface area (Å²) in [4.78, 5) is 37.3. The van der Waals surface area contributed by atoms with Crippen molar-refractivity contribution in [2.24, 2.45) is 0 Å². The number of ether oxygens (including phenoxy) is 1. The first-order chi connectivity index (χ1) is 12.8. The normalized spacial score (nSPS) is 10.2. The number of benzene rings is 2. The van der Waals surface area contributed by atoms with E-state index in [1.807, 2.05) is 0 Å². The van der Waals surface area contributed by atoms with Crippen molar-refractivity contribution in [1.29, 1.82) is 0 Å². The standard InChI is InChI=1S/C19H18Cl2N2O4/c1-3-27-17(24)11-23(2)19(26)12-4-6-16(7-5-12)22-18(25)13-8-14(20)10-15(21)9-13/h4-10H,3,11H2,1-2H3,(H,22,25). The van der Waals surface area contributed by atoms with Crippen molar-refractivity contribution in [2.45, 2.75) is 6.92 Å². The van der Waals surface area contributed by atoms with Crippen LogP contribution in [0.1, 0.15) is 27.6 Å². The molecule has 2 amide bonds. The Morgan fingerprint density at radius 1 is 1.00 bits per heavy atom. The molecule has 0 aliphatic carbocycles. The highest BCUT2D eigenvalue weighted by atomic mass is 35.5. The molecule has 0 radical (unpaired) electrons. The molecule has 2 aromatic rings. The molecule has 6 nitrogen and oxygen atoms in total. The summed E-state index contributed by atoms with van der Waals surface area (Å²) in [6.07, 6.45) is 0. The summed E-state index contributed by atoms with van der Waals surface area (Å²) in [5, 5.41) is 3.42. The fourth-order valence-electron chi connectivity index (χ4n) is 2.28. The van der Waals surface area contributed by atoms with Crippen LogP contribution in [-0.4, -0.2) is 42.9 Å². The molecule has 0 fully saturated rings. The summed E-state index contributed by atoms with van der Waals surface area (Å²) >= 11 is 11.8. The Labute approximate surface area is 167 Å². The third kappa shape index (κ3) is 5.98. The van der Waals surface area contributed by atoms with Crippen LogP contribution in [0, 0.1) is 0 Å². The number of hydrogen-bond acceptors (Lipinski definition) is 4. The lowest BCUT2D eigenvalue weighted by atomic mass is 10.1. The molecule has 0 heterocycles. The quantitative estimate of drug-likeness (QED) is 0.735. The van der Waals surface area contributed by atoms with Crippen molar-refractivity contribution in [2.75, 3.05) is 25.5 Å². The summed E-state index contributed by atoms with van der Waals surface area (Å²) in [7, 11) is 1.51. The molecule has 0 spiro atoms. The molecule has 0 unspecified atom stereocenters. The maximum absolute atomic E-state index is 12.3. The second kappa shape index (κ2) is 9.39. The second-order valence-electron chi connectivity index (χ2n) is 5.66. The van der Waals surface area contributed by atoms with Crippen molar-refractivity contribution in [3.05, 3.63) is 63.6 Å². The molecule has 1 N–H and O–H groups in total. The van der Waals surface area contributed by atoms with Gasteiger partial charge in [0.25, 0.3) is 11.8 Å². The third-order valence-electron chi connectivity index (χ3n) is 3.53. The molecule has 0 atom stereocenters. The van der Waals surface area contributed by atoms with Gasteiger partial charge in [-0.3, -0.25) is 14.4 Å². The van der Waals surface area contributed by atoms with Gasteiger partial charge in [0.1, 0.15) is 6.54 Å². The predicted molar refractivity (Wildman–Crippen MR) is 104 cm³/mol. The van der Waals surface area contributed by atoms with Crippen molar-refractivity contribution in [1.82, 2.24) is 4.90 Å². The number of carbonyl (C=O) groups is 3.